The van der Waals surface area contributed by atoms with Gasteiger partial charge in [0.25, 0.3) is 5.56 Å². The first kappa shape index (κ1) is 17.2. The number of ether oxygens (including phenoxy) is 1. The lowest BCUT2D eigenvalue weighted by molar-refractivity contribution is 0.0948. The molecule has 1 aliphatic rings. The molecule has 26 heavy (non-hydrogen) atoms. The summed E-state index contributed by atoms with van der Waals surface area (Å²) in [5.41, 5.74) is 2.47. The number of hydrogen-bond acceptors (Lipinski definition) is 5. The summed E-state index contributed by atoms with van der Waals surface area (Å²) in [6.07, 6.45) is 3.83. The minimum atomic E-state index is -0.169. The minimum Gasteiger partial charge on any atom is -0.376 e. The fourth-order valence-corrected chi connectivity index (χ4v) is 4.33. The summed E-state index contributed by atoms with van der Waals surface area (Å²) in [6, 6.07) is 3.66. The number of carbonyl (C=O) groups is 1. The Balaban J connectivity index is 1.59. The molecule has 0 N–H and O–H groups in total. The molecule has 1 unspecified atom stereocenters. The van der Waals surface area contributed by atoms with Crippen LogP contribution in [0.2, 0.25) is 0 Å². The molecular formula is C19H21N3O3S. The molecule has 1 fully saturated rings. The SMILES string of the molecule is Cc1cc(C(=O)Cn2cnc3sccc3c2=O)c(C)n1CC1CCCO1. The number of Topliss-reactive ketones (excluding diaryl/α,β-unsaturated/α-hetero) is 1. The number of ketones is 1. The van der Waals surface area contributed by atoms with Crippen LogP contribution in [0.25, 0.3) is 10.2 Å². The van der Waals surface area contributed by atoms with E-state index in [1.165, 1.54) is 22.2 Å². The molecule has 136 valence electrons. The lowest BCUT2D eigenvalue weighted by Gasteiger charge is -2.14. The highest BCUT2D eigenvalue weighted by molar-refractivity contribution is 7.16. The summed E-state index contributed by atoms with van der Waals surface area (Å²) in [6.45, 7) is 5.55. The van der Waals surface area contributed by atoms with Gasteiger partial charge in [0.05, 0.1) is 24.4 Å². The molecule has 4 rings (SSSR count). The van der Waals surface area contributed by atoms with Gasteiger partial charge in [-0.1, -0.05) is 0 Å². The smallest absolute Gasteiger partial charge is 0.262 e. The maximum Gasteiger partial charge on any atom is 0.262 e. The lowest BCUT2D eigenvalue weighted by atomic mass is 10.1. The monoisotopic (exact) mass is 371 g/mol. The molecule has 4 heterocycles. The van der Waals surface area contributed by atoms with Crippen LogP contribution in [0.15, 0.2) is 28.6 Å². The average Bonchev–Trinajstić information content (AvgIpc) is 3.35. The molecule has 0 bridgehead atoms. The van der Waals surface area contributed by atoms with Gasteiger partial charge in [0.1, 0.15) is 4.83 Å². The van der Waals surface area contributed by atoms with E-state index >= 15 is 0 Å². The van der Waals surface area contributed by atoms with Gasteiger partial charge in [0, 0.05) is 30.1 Å². The first-order valence-corrected chi connectivity index (χ1v) is 9.66. The van der Waals surface area contributed by atoms with Crippen molar-refractivity contribution in [3.05, 3.63) is 51.1 Å². The van der Waals surface area contributed by atoms with Crippen molar-refractivity contribution in [1.29, 1.82) is 0 Å². The number of hydrogen-bond donors (Lipinski definition) is 0. The van der Waals surface area contributed by atoms with E-state index in [4.69, 9.17) is 4.74 Å². The molecule has 1 saturated heterocycles. The normalized spacial score (nSPS) is 17.2. The second-order valence-corrected chi connectivity index (χ2v) is 7.67. The molecule has 0 aliphatic carbocycles. The van der Waals surface area contributed by atoms with Crippen molar-refractivity contribution in [3.63, 3.8) is 0 Å². The van der Waals surface area contributed by atoms with Crippen LogP contribution in [0.4, 0.5) is 0 Å². The zero-order chi connectivity index (χ0) is 18.3. The number of carbonyl (C=O) groups excluding carboxylic acids is 1. The molecule has 6 nitrogen and oxygen atoms in total. The summed E-state index contributed by atoms with van der Waals surface area (Å²) in [5.74, 6) is -0.0739. The van der Waals surface area contributed by atoms with Crippen molar-refractivity contribution < 1.29 is 9.53 Å². The predicted octanol–water partition coefficient (Wildman–Crippen LogP) is 2.94. The Morgan fingerprint density at radius 3 is 3.04 bits per heavy atom. The second-order valence-electron chi connectivity index (χ2n) is 6.77. The largest absolute Gasteiger partial charge is 0.376 e. The highest BCUT2D eigenvalue weighted by atomic mass is 32.1. The Labute approximate surface area is 155 Å². The molecule has 0 radical (unpaired) electrons. The summed E-state index contributed by atoms with van der Waals surface area (Å²) < 4.78 is 9.26. The van der Waals surface area contributed by atoms with Crippen molar-refractivity contribution >= 4 is 27.3 Å². The molecule has 0 saturated carbocycles. The highest BCUT2D eigenvalue weighted by Gasteiger charge is 2.21. The minimum absolute atomic E-state index is 0.00183. The molecule has 0 spiro atoms. The van der Waals surface area contributed by atoms with E-state index in [2.05, 4.69) is 9.55 Å². The van der Waals surface area contributed by atoms with Crippen LogP contribution in [0, 0.1) is 13.8 Å². The first-order chi connectivity index (χ1) is 12.5. The van der Waals surface area contributed by atoms with E-state index in [0.717, 1.165) is 37.4 Å². The molecule has 1 atom stereocenters. The fraction of sp³-hybridized carbons (Fsp3) is 0.421. The third-order valence-corrected chi connectivity index (χ3v) is 5.87. The molecule has 1 aliphatic heterocycles. The Hall–Kier alpha value is -2.25. The number of thiophene rings is 1. The topological polar surface area (TPSA) is 66.1 Å². The number of rotatable bonds is 5. The summed E-state index contributed by atoms with van der Waals surface area (Å²) in [7, 11) is 0. The number of nitrogens with zero attached hydrogens (tertiary/aromatic N) is 3. The van der Waals surface area contributed by atoms with Crippen LogP contribution in [0.3, 0.4) is 0 Å². The lowest BCUT2D eigenvalue weighted by Crippen LogP contribution is -2.24. The molecular weight excluding hydrogens is 350 g/mol. The Bertz CT molecular complexity index is 1020. The van der Waals surface area contributed by atoms with Crippen LogP contribution < -0.4 is 5.56 Å². The van der Waals surface area contributed by atoms with Crippen molar-refractivity contribution in [2.45, 2.75) is 45.9 Å². The molecule has 3 aromatic heterocycles. The van der Waals surface area contributed by atoms with Crippen LogP contribution in [0.5, 0.6) is 0 Å². The van der Waals surface area contributed by atoms with Gasteiger partial charge in [0.2, 0.25) is 0 Å². The molecule has 7 heteroatoms. The Kier molecular flexibility index (Phi) is 4.50. The third-order valence-electron chi connectivity index (χ3n) is 5.05. The number of fused-ring (bicyclic) bond motifs is 1. The van der Waals surface area contributed by atoms with Gasteiger partial charge < -0.3 is 9.30 Å². The predicted molar refractivity (Wildman–Crippen MR) is 101 cm³/mol. The van der Waals surface area contributed by atoms with E-state index in [9.17, 15) is 9.59 Å². The van der Waals surface area contributed by atoms with E-state index < -0.39 is 0 Å². The summed E-state index contributed by atoms with van der Waals surface area (Å²) >= 11 is 1.42. The van der Waals surface area contributed by atoms with Crippen LogP contribution in [0.1, 0.15) is 34.6 Å². The van der Waals surface area contributed by atoms with Crippen molar-refractivity contribution in [2.75, 3.05) is 6.61 Å². The Morgan fingerprint density at radius 1 is 1.42 bits per heavy atom. The van der Waals surface area contributed by atoms with Crippen molar-refractivity contribution in [1.82, 2.24) is 14.1 Å². The van der Waals surface area contributed by atoms with E-state index in [1.807, 2.05) is 25.3 Å². The van der Waals surface area contributed by atoms with Crippen molar-refractivity contribution in [3.8, 4) is 0 Å². The zero-order valence-electron chi connectivity index (χ0n) is 14.9. The molecule has 0 aromatic carbocycles. The zero-order valence-corrected chi connectivity index (χ0v) is 15.7. The average molecular weight is 371 g/mol. The highest BCUT2D eigenvalue weighted by Crippen LogP contribution is 2.21. The van der Waals surface area contributed by atoms with E-state index in [1.54, 1.807) is 6.07 Å². The third kappa shape index (κ3) is 3.01. The Morgan fingerprint density at radius 2 is 2.27 bits per heavy atom. The van der Waals surface area contributed by atoms with Crippen LogP contribution in [-0.2, 0) is 17.8 Å². The fourth-order valence-electron chi connectivity index (χ4n) is 3.60. The molecule has 0 amide bonds. The quantitative estimate of drug-likeness (QED) is 0.647. The maximum absolute atomic E-state index is 12.8. The summed E-state index contributed by atoms with van der Waals surface area (Å²) in [5, 5.41) is 2.40. The van der Waals surface area contributed by atoms with Gasteiger partial charge in [-0.25, -0.2) is 4.98 Å². The van der Waals surface area contributed by atoms with Gasteiger partial charge >= 0.3 is 0 Å². The van der Waals surface area contributed by atoms with Gasteiger partial charge in [0.15, 0.2) is 5.78 Å². The van der Waals surface area contributed by atoms with Gasteiger partial charge in [-0.2, -0.15) is 0 Å². The maximum atomic E-state index is 12.8. The van der Waals surface area contributed by atoms with E-state index in [0.29, 0.717) is 15.8 Å². The molecule has 3 aromatic rings. The van der Waals surface area contributed by atoms with Crippen molar-refractivity contribution in [2.24, 2.45) is 0 Å². The van der Waals surface area contributed by atoms with Crippen LogP contribution in [-0.4, -0.2) is 32.6 Å². The number of aromatic nitrogens is 3. The second kappa shape index (κ2) is 6.81. The van der Waals surface area contributed by atoms with E-state index in [-0.39, 0.29) is 24.0 Å². The number of aryl methyl sites for hydroxylation is 1. The van der Waals surface area contributed by atoms with Gasteiger partial charge in [-0.15, -0.1) is 11.3 Å². The standard InChI is InChI=1S/C19H21N3O3S/c1-12-8-16(13(2)22(12)9-14-4-3-6-25-14)17(23)10-21-11-20-18-15(19(21)24)5-7-26-18/h5,7-8,11,14H,3-4,6,9-10H2,1-2H3. The summed E-state index contributed by atoms with van der Waals surface area (Å²) in [4.78, 5) is 30.3. The first-order valence-electron chi connectivity index (χ1n) is 8.79. The van der Waals surface area contributed by atoms with Gasteiger partial charge in [-0.05, 0) is 44.2 Å². The van der Waals surface area contributed by atoms with Crippen LogP contribution >= 0.6 is 11.3 Å². The van der Waals surface area contributed by atoms with Gasteiger partial charge in [-0.3, -0.25) is 14.2 Å².